The molecule has 12 nitrogen and oxygen atoms in total. The van der Waals surface area contributed by atoms with E-state index in [9.17, 15) is 19.2 Å². The van der Waals surface area contributed by atoms with Gasteiger partial charge in [-0.25, -0.2) is 24.5 Å². The van der Waals surface area contributed by atoms with Crippen LogP contribution >= 0.6 is 0 Å². The van der Waals surface area contributed by atoms with Crippen molar-refractivity contribution < 1.29 is 23.9 Å². The second kappa shape index (κ2) is 12.6. The molecule has 0 spiro atoms. The smallest absolute Gasteiger partial charge is 0.408 e. The van der Waals surface area contributed by atoms with E-state index in [2.05, 4.69) is 20.6 Å². The maximum Gasteiger partial charge on any atom is 0.408 e. The average Bonchev–Trinajstić information content (AvgIpc) is 2.95. The lowest BCUT2D eigenvalue weighted by Crippen LogP contribution is -2.38. The highest BCUT2D eigenvalue weighted by Crippen LogP contribution is 2.23. The van der Waals surface area contributed by atoms with Crippen molar-refractivity contribution in [2.45, 2.75) is 52.7 Å². The van der Waals surface area contributed by atoms with Gasteiger partial charge in [-0.2, -0.15) is 0 Å². The number of nitrogens with one attached hydrogen (secondary N) is 2. The molecule has 0 unspecified atom stereocenters. The Labute approximate surface area is 242 Å². The van der Waals surface area contributed by atoms with Gasteiger partial charge in [0.25, 0.3) is 11.5 Å². The minimum Gasteiger partial charge on any atom is -0.462 e. The molecule has 0 radical (unpaired) electrons. The third-order valence-electron chi connectivity index (χ3n) is 5.98. The van der Waals surface area contributed by atoms with Crippen LogP contribution in [-0.2, 0) is 9.47 Å². The van der Waals surface area contributed by atoms with Gasteiger partial charge < -0.3 is 14.8 Å². The Kier molecular flexibility index (Phi) is 8.94. The Morgan fingerprint density at radius 3 is 2.29 bits per heavy atom. The summed E-state index contributed by atoms with van der Waals surface area (Å²) in [6, 6.07) is 12.9. The lowest BCUT2D eigenvalue weighted by atomic mass is 10.1. The van der Waals surface area contributed by atoms with Crippen LogP contribution in [-0.4, -0.2) is 49.7 Å². The van der Waals surface area contributed by atoms with Gasteiger partial charge in [-0.15, -0.1) is 0 Å². The highest BCUT2D eigenvalue weighted by molar-refractivity contribution is 6.11. The zero-order valence-electron chi connectivity index (χ0n) is 24.0. The van der Waals surface area contributed by atoms with E-state index in [1.54, 1.807) is 64.1 Å². The summed E-state index contributed by atoms with van der Waals surface area (Å²) in [4.78, 5) is 64.9. The Morgan fingerprint density at radius 2 is 1.67 bits per heavy atom. The number of rotatable bonds is 8. The molecule has 4 rings (SSSR count). The SMILES string of the molecule is CCOC(=O)c1cnc(NC(=O)c2cccc3nc([C@H](CC)NC(=O)OC(C)(C)C)n(-c4ccccc4)c(=O)c23)nc1. The third-order valence-corrected chi connectivity index (χ3v) is 5.98. The van der Waals surface area contributed by atoms with Crippen LogP contribution in [0.15, 0.2) is 65.7 Å². The van der Waals surface area contributed by atoms with Crippen molar-refractivity contribution in [2.24, 2.45) is 0 Å². The van der Waals surface area contributed by atoms with Gasteiger partial charge in [0.15, 0.2) is 0 Å². The zero-order valence-corrected chi connectivity index (χ0v) is 24.0. The van der Waals surface area contributed by atoms with Gasteiger partial charge in [0.05, 0.1) is 40.4 Å². The second-order valence-electron chi connectivity index (χ2n) is 10.2. The summed E-state index contributed by atoms with van der Waals surface area (Å²) in [7, 11) is 0. The van der Waals surface area contributed by atoms with Gasteiger partial charge in [0.1, 0.15) is 11.4 Å². The van der Waals surface area contributed by atoms with Crippen molar-refractivity contribution in [3.8, 4) is 5.69 Å². The number of nitrogens with zero attached hydrogens (tertiary/aromatic N) is 4. The fourth-order valence-electron chi connectivity index (χ4n) is 4.18. The van der Waals surface area contributed by atoms with Gasteiger partial charge >= 0.3 is 12.1 Å². The van der Waals surface area contributed by atoms with E-state index in [1.165, 1.54) is 23.0 Å². The standard InChI is InChI=1S/C30H32N6O6/c1-6-21(34-29(40)42-30(3,4)5)24-33-22-15-11-14-20(23(22)26(38)36(24)19-12-9-8-10-13-19)25(37)35-28-31-16-18(17-32-28)27(39)41-7-2/h8-17,21H,6-7H2,1-5H3,(H,34,40)(H,31,32,35,37)/t21-/m0/s1. The molecule has 0 bridgehead atoms. The molecule has 0 saturated carbocycles. The number of carbonyl (C=O) groups excluding carboxylic acids is 3. The van der Waals surface area contributed by atoms with Crippen LogP contribution < -0.4 is 16.2 Å². The fraction of sp³-hybridized carbons (Fsp3) is 0.300. The number of alkyl carbamates (subject to hydrolysis) is 1. The molecule has 4 aromatic rings. The lowest BCUT2D eigenvalue weighted by Gasteiger charge is -2.25. The van der Waals surface area contributed by atoms with Crippen molar-refractivity contribution in [2.75, 3.05) is 11.9 Å². The number of esters is 1. The molecule has 12 heteroatoms. The molecule has 2 aromatic carbocycles. The zero-order chi connectivity index (χ0) is 30.4. The monoisotopic (exact) mass is 572 g/mol. The topological polar surface area (TPSA) is 154 Å². The predicted octanol–water partition coefficient (Wildman–Crippen LogP) is 4.58. The first-order valence-electron chi connectivity index (χ1n) is 13.4. The normalized spacial score (nSPS) is 11.9. The molecule has 42 heavy (non-hydrogen) atoms. The number of hydrogen-bond donors (Lipinski definition) is 2. The molecule has 0 saturated heterocycles. The molecule has 218 valence electrons. The molecule has 1 atom stereocenters. The number of anilines is 1. The van der Waals surface area contributed by atoms with Gasteiger partial charge in [-0.05, 0) is 58.4 Å². The number of para-hydroxylation sites is 1. The number of benzene rings is 2. The van der Waals surface area contributed by atoms with Crippen molar-refractivity contribution in [3.05, 3.63) is 88.2 Å². The fourth-order valence-corrected chi connectivity index (χ4v) is 4.18. The first-order valence-corrected chi connectivity index (χ1v) is 13.4. The Bertz CT molecular complexity index is 1660. The number of aromatic nitrogens is 4. The molecule has 0 fully saturated rings. The number of hydrogen-bond acceptors (Lipinski definition) is 9. The summed E-state index contributed by atoms with van der Waals surface area (Å²) in [6.07, 6.45) is 2.24. The maximum atomic E-state index is 14.2. The van der Waals surface area contributed by atoms with E-state index >= 15 is 0 Å². The molecule has 2 N–H and O–H groups in total. The van der Waals surface area contributed by atoms with Crippen LogP contribution in [0.5, 0.6) is 0 Å². The van der Waals surface area contributed by atoms with E-state index in [-0.39, 0.29) is 40.4 Å². The summed E-state index contributed by atoms with van der Waals surface area (Å²) in [5, 5.41) is 5.46. The molecular weight excluding hydrogens is 540 g/mol. The van der Waals surface area contributed by atoms with Crippen molar-refractivity contribution in [3.63, 3.8) is 0 Å². The van der Waals surface area contributed by atoms with Crippen LogP contribution in [0.25, 0.3) is 16.6 Å². The third kappa shape index (κ3) is 6.77. The van der Waals surface area contributed by atoms with E-state index in [0.717, 1.165) is 0 Å². The summed E-state index contributed by atoms with van der Waals surface area (Å²) in [6.45, 7) is 9.01. The van der Waals surface area contributed by atoms with Gasteiger partial charge in [-0.1, -0.05) is 31.2 Å². The lowest BCUT2D eigenvalue weighted by molar-refractivity contribution is 0.0495. The minimum absolute atomic E-state index is 0.0486. The molecule has 2 aromatic heterocycles. The molecule has 0 aliphatic carbocycles. The largest absolute Gasteiger partial charge is 0.462 e. The van der Waals surface area contributed by atoms with Crippen molar-refractivity contribution in [1.82, 2.24) is 24.8 Å². The van der Waals surface area contributed by atoms with Crippen LogP contribution in [0.3, 0.4) is 0 Å². The van der Waals surface area contributed by atoms with Gasteiger partial charge in [0.2, 0.25) is 5.95 Å². The molecular formula is C30H32N6O6. The summed E-state index contributed by atoms with van der Waals surface area (Å²) < 4.78 is 11.7. The summed E-state index contributed by atoms with van der Waals surface area (Å²) in [5.74, 6) is -1.01. The first-order chi connectivity index (χ1) is 20.0. The second-order valence-corrected chi connectivity index (χ2v) is 10.2. The number of amides is 2. The number of ether oxygens (including phenoxy) is 2. The Hall–Kier alpha value is -5.13. The minimum atomic E-state index is -0.719. The quantitative estimate of drug-likeness (QED) is 0.289. The molecule has 0 aliphatic rings. The van der Waals surface area contributed by atoms with Crippen molar-refractivity contribution >= 4 is 34.8 Å². The Balaban J connectivity index is 1.78. The Morgan fingerprint density at radius 1 is 0.976 bits per heavy atom. The van der Waals surface area contributed by atoms with E-state index in [1.807, 2.05) is 13.0 Å². The van der Waals surface area contributed by atoms with Crippen molar-refractivity contribution in [1.29, 1.82) is 0 Å². The van der Waals surface area contributed by atoms with E-state index in [0.29, 0.717) is 12.1 Å². The van der Waals surface area contributed by atoms with Crippen LogP contribution in [0.2, 0.25) is 0 Å². The summed E-state index contributed by atoms with van der Waals surface area (Å²) >= 11 is 0. The van der Waals surface area contributed by atoms with Crippen LogP contribution in [0, 0.1) is 0 Å². The van der Waals surface area contributed by atoms with E-state index in [4.69, 9.17) is 14.5 Å². The van der Waals surface area contributed by atoms with Crippen LogP contribution in [0.1, 0.15) is 73.6 Å². The molecule has 2 heterocycles. The van der Waals surface area contributed by atoms with E-state index < -0.39 is 35.2 Å². The van der Waals surface area contributed by atoms with Gasteiger partial charge in [-0.3, -0.25) is 19.5 Å². The maximum absolute atomic E-state index is 14.2. The van der Waals surface area contributed by atoms with Crippen LogP contribution in [0.4, 0.5) is 10.7 Å². The highest BCUT2D eigenvalue weighted by Gasteiger charge is 2.26. The number of fused-ring (bicyclic) bond motifs is 1. The first kappa shape index (κ1) is 29.8. The summed E-state index contributed by atoms with van der Waals surface area (Å²) in [5.41, 5.74) is -0.277. The number of carbonyl (C=O) groups is 3. The highest BCUT2D eigenvalue weighted by atomic mass is 16.6. The molecule has 0 aliphatic heterocycles. The predicted molar refractivity (Wildman–Crippen MR) is 156 cm³/mol. The van der Waals surface area contributed by atoms with Gasteiger partial charge in [0, 0.05) is 12.4 Å². The average molecular weight is 573 g/mol. The molecule has 2 amide bonds.